The van der Waals surface area contributed by atoms with Crippen LogP contribution in [0.3, 0.4) is 0 Å². The van der Waals surface area contributed by atoms with Gasteiger partial charge in [-0.05, 0) is 24.7 Å². The Kier molecular flexibility index (Phi) is 3.09. The maximum Gasteiger partial charge on any atom is 0.227 e. The van der Waals surface area contributed by atoms with Gasteiger partial charge in [-0.25, -0.2) is 4.98 Å². The summed E-state index contributed by atoms with van der Waals surface area (Å²) in [6.45, 7) is 7.65. The van der Waals surface area contributed by atoms with Gasteiger partial charge in [0.15, 0.2) is 0 Å². The molecular weight excluding hydrogens is 240 g/mol. The Bertz CT molecular complexity index is 481. The van der Waals surface area contributed by atoms with Crippen molar-refractivity contribution in [1.82, 2.24) is 9.97 Å². The first kappa shape index (κ1) is 12.7. The van der Waals surface area contributed by atoms with Crippen LogP contribution in [0.5, 0.6) is 0 Å². The third-order valence-electron chi connectivity index (χ3n) is 4.19. The average Bonchev–Trinajstić information content (AvgIpc) is 2.38. The summed E-state index contributed by atoms with van der Waals surface area (Å²) in [6, 6.07) is 0. The highest BCUT2D eigenvalue weighted by Gasteiger charge is 2.32. The summed E-state index contributed by atoms with van der Waals surface area (Å²) >= 11 is 0. The van der Waals surface area contributed by atoms with E-state index in [1.165, 1.54) is 6.42 Å². The third-order valence-corrected chi connectivity index (χ3v) is 4.19. The molecular formula is C14H22N4O. The van der Waals surface area contributed by atoms with Crippen LogP contribution in [-0.4, -0.2) is 36.3 Å². The molecule has 0 radical (unpaired) electrons. The molecule has 1 aliphatic carbocycles. The van der Waals surface area contributed by atoms with Gasteiger partial charge < -0.3 is 15.4 Å². The summed E-state index contributed by atoms with van der Waals surface area (Å²) in [5, 5.41) is 0. The Hall–Kier alpha value is -1.36. The number of aryl methyl sites for hydroxylation is 1. The lowest BCUT2D eigenvalue weighted by Crippen LogP contribution is -2.38. The minimum atomic E-state index is 0.0984. The minimum Gasteiger partial charge on any atom is -0.383 e. The van der Waals surface area contributed by atoms with E-state index in [9.17, 15) is 0 Å². The normalized spacial score (nSPS) is 22.1. The molecule has 0 atom stereocenters. The molecule has 5 heteroatoms. The third kappa shape index (κ3) is 2.27. The first-order valence-electron chi connectivity index (χ1n) is 7.07. The van der Waals surface area contributed by atoms with E-state index in [-0.39, 0.29) is 5.41 Å². The van der Waals surface area contributed by atoms with Gasteiger partial charge in [0.25, 0.3) is 0 Å². The van der Waals surface area contributed by atoms with Crippen molar-refractivity contribution in [3.63, 3.8) is 0 Å². The van der Waals surface area contributed by atoms with E-state index in [1.54, 1.807) is 0 Å². The largest absolute Gasteiger partial charge is 0.383 e. The lowest BCUT2D eigenvalue weighted by atomic mass is 9.74. The van der Waals surface area contributed by atoms with Crippen molar-refractivity contribution in [1.29, 1.82) is 0 Å². The second kappa shape index (κ2) is 4.63. The average molecular weight is 262 g/mol. The summed E-state index contributed by atoms with van der Waals surface area (Å²) in [5.41, 5.74) is 8.62. The lowest BCUT2D eigenvalue weighted by molar-refractivity contribution is 0.122. The Morgan fingerprint density at radius 1 is 1.21 bits per heavy atom. The molecule has 0 unspecified atom stereocenters. The first-order chi connectivity index (χ1) is 9.08. The monoisotopic (exact) mass is 262 g/mol. The zero-order valence-electron chi connectivity index (χ0n) is 11.8. The van der Waals surface area contributed by atoms with E-state index >= 15 is 0 Å². The number of nitrogens with zero attached hydrogens (tertiary/aromatic N) is 3. The first-order valence-corrected chi connectivity index (χ1v) is 7.07. The molecule has 0 amide bonds. The van der Waals surface area contributed by atoms with Crippen LogP contribution in [0.2, 0.25) is 0 Å². The van der Waals surface area contributed by atoms with Gasteiger partial charge in [-0.1, -0.05) is 13.8 Å². The SMILES string of the molecule is CC1(C)CCCc2nc(N3CCOCC3)nc(N)c21. The van der Waals surface area contributed by atoms with Crippen molar-refractivity contribution in [2.45, 2.75) is 38.5 Å². The molecule has 1 saturated heterocycles. The standard InChI is InChI=1S/C14H22N4O/c1-14(2)5-3-4-10-11(14)12(15)17-13(16-10)18-6-8-19-9-7-18/h3-9H2,1-2H3,(H2,15,16,17). The summed E-state index contributed by atoms with van der Waals surface area (Å²) < 4.78 is 5.37. The van der Waals surface area contributed by atoms with Gasteiger partial charge >= 0.3 is 0 Å². The van der Waals surface area contributed by atoms with Gasteiger partial charge in [-0.2, -0.15) is 4.98 Å². The van der Waals surface area contributed by atoms with E-state index < -0.39 is 0 Å². The van der Waals surface area contributed by atoms with Crippen molar-refractivity contribution in [2.24, 2.45) is 0 Å². The molecule has 0 aromatic carbocycles. The molecule has 1 aliphatic heterocycles. The molecule has 5 nitrogen and oxygen atoms in total. The topological polar surface area (TPSA) is 64.3 Å². The highest BCUT2D eigenvalue weighted by atomic mass is 16.5. The zero-order valence-corrected chi connectivity index (χ0v) is 11.8. The van der Waals surface area contributed by atoms with E-state index in [2.05, 4.69) is 23.7 Å². The van der Waals surface area contributed by atoms with Gasteiger partial charge in [-0.3, -0.25) is 0 Å². The predicted molar refractivity (Wildman–Crippen MR) is 75.4 cm³/mol. The molecule has 0 saturated carbocycles. The maximum absolute atomic E-state index is 6.22. The van der Waals surface area contributed by atoms with Crippen LogP contribution in [0.25, 0.3) is 0 Å². The van der Waals surface area contributed by atoms with Crippen molar-refractivity contribution >= 4 is 11.8 Å². The number of nitrogens with two attached hydrogens (primary N) is 1. The fourth-order valence-electron chi connectivity index (χ4n) is 3.16. The Morgan fingerprint density at radius 3 is 2.68 bits per heavy atom. The molecule has 104 valence electrons. The van der Waals surface area contributed by atoms with Crippen molar-refractivity contribution in [3.05, 3.63) is 11.3 Å². The number of rotatable bonds is 1. The van der Waals surface area contributed by atoms with E-state index in [4.69, 9.17) is 15.5 Å². The van der Waals surface area contributed by atoms with Crippen molar-refractivity contribution in [3.8, 4) is 0 Å². The molecule has 19 heavy (non-hydrogen) atoms. The van der Waals surface area contributed by atoms with Crippen LogP contribution in [0.15, 0.2) is 0 Å². The number of aromatic nitrogens is 2. The minimum absolute atomic E-state index is 0.0984. The fourth-order valence-corrected chi connectivity index (χ4v) is 3.16. The summed E-state index contributed by atoms with van der Waals surface area (Å²) in [6.07, 6.45) is 3.35. The van der Waals surface area contributed by atoms with E-state index in [1.807, 2.05) is 0 Å². The van der Waals surface area contributed by atoms with Crippen LogP contribution in [0.4, 0.5) is 11.8 Å². The van der Waals surface area contributed by atoms with E-state index in [0.29, 0.717) is 5.82 Å². The van der Waals surface area contributed by atoms with E-state index in [0.717, 1.165) is 56.4 Å². The Balaban J connectivity index is 1.99. The smallest absolute Gasteiger partial charge is 0.227 e. The number of nitrogen functional groups attached to an aromatic ring is 1. The quantitative estimate of drug-likeness (QED) is 0.831. The number of fused-ring (bicyclic) bond motifs is 1. The molecule has 2 N–H and O–H groups in total. The predicted octanol–water partition coefficient (Wildman–Crippen LogP) is 1.51. The Labute approximate surface area is 114 Å². The van der Waals surface area contributed by atoms with Crippen LogP contribution in [0, 0.1) is 0 Å². The van der Waals surface area contributed by atoms with Crippen molar-refractivity contribution < 1.29 is 4.74 Å². The Morgan fingerprint density at radius 2 is 1.95 bits per heavy atom. The van der Waals surface area contributed by atoms with Gasteiger partial charge in [-0.15, -0.1) is 0 Å². The van der Waals surface area contributed by atoms with Crippen LogP contribution in [-0.2, 0) is 16.6 Å². The summed E-state index contributed by atoms with van der Waals surface area (Å²) in [4.78, 5) is 11.5. The fraction of sp³-hybridized carbons (Fsp3) is 0.714. The molecule has 1 aromatic rings. The number of anilines is 2. The molecule has 1 fully saturated rings. The number of morpholine rings is 1. The lowest BCUT2D eigenvalue weighted by Gasteiger charge is -2.34. The summed E-state index contributed by atoms with van der Waals surface area (Å²) in [5.74, 6) is 1.44. The van der Waals surface area contributed by atoms with Gasteiger partial charge in [0.2, 0.25) is 5.95 Å². The van der Waals surface area contributed by atoms with Crippen LogP contribution >= 0.6 is 0 Å². The highest BCUT2D eigenvalue weighted by Crippen LogP contribution is 2.39. The van der Waals surface area contributed by atoms with Crippen molar-refractivity contribution in [2.75, 3.05) is 36.9 Å². The van der Waals surface area contributed by atoms with Crippen LogP contribution in [0.1, 0.15) is 37.9 Å². The second-order valence-corrected chi connectivity index (χ2v) is 6.07. The highest BCUT2D eigenvalue weighted by molar-refractivity contribution is 5.52. The van der Waals surface area contributed by atoms with Gasteiger partial charge in [0.05, 0.1) is 18.9 Å². The molecule has 0 spiro atoms. The number of hydrogen-bond donors (Lipinski definition) is 1. The number of ether oxygens (including phenoxy) is 1. The van der Waals surface area contributed by atoms with Gasteiger partial charge in [0, 0.05) is 18.7 Å². The van der Waals surface area contributed by atoms with Crippen LogP contribution < -0.4 is 10.6 Å². The molecule has 3 rings (SSSR count). The zero-order chi connectivity index (χ0) is 13.5. The molecule has 0 bridgehead atoms. The molecule has 1 aromatic heterocycles. The number of hydrogen-bond acceptors (Lipinski definition) is 5. The maximum atomic E-state index is 6.22. The summed E-state index contributed by atoms with van der Waals surface area (Å²) in [7, 11) is 0. The molecule has 2 aliphatic rings. The molecule has 2 heterocycles. The second-order valence-electron chi connectivity index (χ2n) is 6.07. The van der Waals surface area contributed by atoms with Gasteiger partial charge in [0.1, 0.15) is 5.82 Å².